The molecule has 33 heavy (non-hydrogen) atoms. The number of H-pyrrole nitrogens is 1. The standard InChI is InChI=1S/C25H23N5O2S/c31-24(26-11-10-18-16-30-12-4-3-9-23(30)28-18)21(29-25(32)22-8-5-13-33-22)14-17-15-27-20-7-2-1-6-19(17)20/h1-9,12-13,15-16,21,27H,10-11,14H2,(H,26,31)(H,29,32). The number of para-hydroxylation sites is 1. The molecule has 3 N–H and O–H groups in total. The van der Waals surface area contributed by atoms with Crippen LogP contribution in [0.25, 0.3) is 16.6 Å². The van der Waals surface area contributed by atoms with E-state index < -0.39 is 6.04 Å². The number of thiophene rings is 1. The summed E-state index contributed by atoms with van der Waals surface area (Å²) in [5, 5.41) is 8.79. The Kier molecular flexibility index (Phi) is 5.91. The summed E-state index contributed by atoms with van der Waals surface area (Å²) >= 11 is 1.35. The zero-order valence-electron chi connectivity index (χ0n) is 17.8. The third-order valence-corrected chi connectivity index (χ3v) is 6.43. The van der Waals surface area contributed by atoms with Crippen molar-refractivity contribution in [2.75, 3.05) is 6.54 Å². The molecule has 0 aliphatic rings. The van der Waals surface area contributed by atoms with E-state index in [1.807, 2.05) is 76.9 Å². The van der Waals surface area contributed by atoms with E-state index in [9.17, 15) is 9.59 Å². The third kappa shape index (κ3) is 4.65. The number of hydrogen-bond acceptors (Lipinski definition) is 4. The molecule has 4 aromatic heterocycles. The lowest BCUT2D eigenvalue weighted by molar-refractivity contribution is -0.122. The number of imidazole rings is 1. The van der Waals surface area contributed by atoms with Gasteiger partial charge in [0, 0.05) is 48.9 Å². The average Bonchev–Trinajstić information content (AvgIpc) is 3.58. The van der Waals surface area contributed by atoms with E-state index in [-0.39, 0.29) is 11.8 Å². The Hall–Kier alpha value is -3.91. The van der Waals surface area contributed by atoms with Crippen LogP contribution in [-0.4, -0.2) is 38.8 Å². The molecule has 0 radical (unpaired) electrons. The number of aromatic nitrogens is 3. The molecule has 0 saturated carbocycles. The first-order chi connectivity index (χ1) is 16.2. The van der Waals surface area contributed by atoms with Crippen LogP contribution in [0.5, 0.6) is 0 Å². The van der Waals surface area contributed by atoms with Gasteiger partial charge in [0.05, 0.1) is 10.6 Å². The lowest BCUT2D eigenvalue weighted by atomic mass is 10.0. The van der Waals surface area contributed by atoms with Crippen molar-refractivity contribution in [3.8, 4) is 0 Å². The quantitative estimate of drug-likeness (QED) is 0.333. The highest BCUT2D eigenvalue weighted by molar-refractivity contribution is 7.12. The number of nitrogens with zero attached hydrogens (tertiary/aromatic N) is 2. The number of nitrogens with one attached hydrogen (secondary N) is 3. The van der Waals surface area contributed by atoms with E-state index in [0.717, 1.165) is 27.8 Å². The first-order valence-electron chi connectivity index (χ1n) is 10.8. The van der Waals surface area contributed by atoms with Crippen LogP contribution >= 0.6 is 11.3 Å². The van der Waals surface area contributed by atoms with Crippen molar-refractivity contribution in [2.24, 2.45) is 0 Å². The lowest BCUT2D eigenvalue weighted by Gasteiger charge is -2.18. The van der Waals surface area contributed by atoms with E-state index in [4.69, 9.17) is 0 Å². The topological polar surface area (TPSA) is 91.3 Å². The highest BCUT2D eigenvalue weighted by Crippen LogP contribution is 2.19. The molecular formula is C25H23N5O2S. The van der Waals surface area contributed by atoms with Gasteiger partial charge in [0.25, 0.3) is 5.91 Å². The number of pyridine rings is 1. The third-order valence-electron chi connectivity index (χ3n) is 5.56. The van der Waals surface area contributed by atoms with Gasteiger partial charge in [0.1, 0.15) is 11.7 Å². The summed E-state index contributed by atoms with van der Waals surface area (Å²) in [6.07, 6.45) is 6.80. The van der Waals surface area contributed by atoms with E-state index in [2.05, 4.69) is 20.6 Å². The maximum Gasteiger partial charge on any atom is 0.262 e. The summed E-state index contributed by atoms with van der Waals surface area (Å²) in [5.74, 6) is -0.459. The highest BCUT2D eigenvalue weighted by atomic mass is 32.1. The Morgan fingerprint density at radius 1 is 1.09 bits per heavy atom. The molecule has 0 aliphatic carbocycles. The van der Waals surface area contributed by atoms with Gasteiger partial charge in [-0.3, -0.25) is 9.59 Å². The molecule has 4 heterocycles. The number of aromatic amines is 1. The van der Waals surface area contributed by atoms with Gasteiger partial charge in [-0.25, -0.2) is 4.98 Å². The first kappa shape index (κ1) is 21.0. The number of fused-ring (bicyclic) bond motifs is 2. The molecule has 166 valence electrons. The van der Waals surface area contributed by atoms with Crippen LogP contribution in [0.2, 0.25) is 0 Å². The molecule has 0 spiro atoms. The zero-order chi connectivity index (χ0) is 22.6. The number of rotatable bonds is 8. The molecule has 1 atom stereocenters. The summed E-state index contributed by atoms with van der Waals surface area (Å²) in [4.78, 5) is 34.2. The monoisotopic (exact) mass is 457 g/mol. The van der Waals surface area contributed by atoms with E-state index >= 15 is 0 Å². The molecule has 8 heteroatoms. The van der Waals surface area contributed by atoms with Crippen LogP contribution in [0.4, 0.5) is 0 Å². The fourth-order valence-electron chi connectivity index (χ4n) is 3.91. The Morgan fingerprint density at radius 2 is 1.97 bits per heavy atom. The summed E-state index contributed by atoms with van der Waals surface area (Å²) in [6, 6.07) is 16.7. The number of amides is 2. The van der Waals surface area contributed by atoms with Crippen molar-refractivity contribution in [1.29, 1.82) is 0 Å². The Morgan fingerprint density at radius 3 is 2.82 bits per heavy atom. The Balaban J connectivity index is 1.29. The van der Waals surface area contributed by atoms with Crippen LogP contribution in [0.15, 0.2) is 78.6 Å². The van der Waals surface area contributed by atoms with Gasteiger partial charge in [-0.1, -0.05) is 30.3 Å². The number of carbonyl (C=O) groups excluding carboxylic acids is 2. The molecule has 1 unspecified atom stereocenters. The van der Waals surface area contributed by atoms with Gasteiger partial charge in [0.15, 0.2) is 0 Å². The van der Waals surface area contributed by atoms with Gasteiger partial charge < -0.3 is 20.0 Å². The van der Waals surface area contributed by atoms with Gasteiger partial charge >= 0.3 is 0 Å². The summed E-state index contributed by atoms with van der Waals surface area (Å²) in [6.45, 7) is 0.433. The molecular weight excluding hydrogens is 434 g/mol. The normalized spacial score (nSPS) is 12.1. The molecule has 1 aromatic carbocycles. The number of hydrogen-bond donors (Lipinski definition) is 3. The van der Waals surface area contributed by atoms with Crippen LogP contribution < -0.4 is 10.6 Å². The highest BCUT2D eigenvalue weighted by Gasteiger charge is 2.23. The predicted molar refractivity (Wildman–Crippen MR) is 129 cm³/mol. The Bertz CT molecular complexity index is 1370. The van der Waals surface area contributed by atoms with Crippen molar-refractivity contribution in [3.05, 3.63) is 94.7 Å². The van der Waals surface area contributed by atoms with Crippen molar-refractivity contribution < 1.29 is 9.59 Å². The van der Waals surface area contributed by atoms with Crippen LogP contribution in [0.3, 0.4) is 0 Å². The largest absolute Gasteiger partial charge is 0.361 e. The molecule has 2 amide bonds. The second-order valence-electron chi connectivity index (χ2n) is 7.81. The summed E-state index contributed by atoms with van der Waals surface area (Å²) < 4.78 is 1.96. The van der Waals surface area contributed by atoms with E-state index in [1.165, 1.54) is 11.3 Å². The zero-order valence-corrected chi connectivity index (χ0v) is 18.6. The lowest BCUT2D eigenvalue weighted by Crippen LogP contribution is -2.48. The SMILES string of the molecule is O=C(NC(Cc1c[nH]c2ccccc12)C(=O)NCCc1cn2ccccc2n1)c1cccs1. The van der Waals surface area contributed by atoms with Crippen molar-refractivity contribution >= 4 is 39.7 Å². The molecule has 7 nitrogen and oxygen atoms in total. The Labute approximate surface area is 194 Å². The van der Waals surface area contributed by atoms with Crippen LogP contribution in [0.1, 0.15) is 20.9 Å². The smallest absolute Gasteiger partial charge is 0.262 e. The van der Waals surface area contributed by atoms with Gasteiger partial charge in [-0.2, -0.15) is 0 Å². The first-order valence-corrected chi connectivity index (χ1v) is 11.6. The second-order valence-corrected chi connectivity index (χ2v) is 8.75. The minimum Gasteiger partial charge on any atom is -0.361 e. The van der Waals surface area contributed by atoms with Crippen LogP contribution in [0, 0.1) is 0 Å². The van der Waals surface area contributed by atoms with E-state index in [1.54, 1.807) is 6.07 Å². The van der Waals surface area contributed by atoms with Crippen LogP contribution in [-0.2, 0) is 17.6 Å². The molecule has 0 fully saturated rings. The number of benzene rings is 1. The summed E-state index contributed by atoms with van der Waals surface area (Å²) in [7, 11) is 0. The van der Waals surface area contributed by atoms with Crippen molar-refractivity contribution in [2.45, 2.75) is 18.9 Å². The molecule has 5 rings (SSSR count). The maximum absolute atomic E-state index is 13.1. The fourth-order valence-corrected chi connectivity index (χ4v) is 4.54. The maximum atomic E-state index is 13.1. The van der Waals surface area contributed by atoms with Gasteiger partial charge in [-0.15, -0.1) is 11.3 Å². The van der Waals surface area contributed by atoms with Crippen molar-refractivity contribution in [1.82, 2.24) is 25.0 Å². The fraction of sp³-hybridized carbons (Fsp3) is 0.160. The second kappa shape index (κ2) is 9.30. The van der Waals surface area contributed by atoms with Gasteiger partial charge in [0.2, 0.25) is 5.91 Å². The van der Waals surface area contributed by atoms with E-state index in [0.29, 0.717) is 24.3 Å². The molecule has 0 saturated heterocycles. The van der Waals surface area contributed by atoms with Gasteiger partial charge in [-0.05, 0) is 35.2 Å². The molecule has 0 bridgehead atoms. The minimum atomic E-state index is -0.695. The van der Waals surface area contributed by atoms with Crippen molar-refractivity contribution in [3.63, 3.8) is 0 Å². The molecule has 5 aromatic rings. The summed E-state index contributed by atoms with van der Waals surface area (Å²) in [5.41, 5.74) is 3.76. The molecule has 0 aliphatic heterocycles. The average molecular weight is 458 g/mol. The predicted octanol–water partition coefficient (Wildman–Crippen LogP) is 3.58. The number of carbonyl (C=O) groups is 2. The minimum absolute atomic E-state index is 0.214.